The average molecular weight is 331 g/mol. The summed E-state index contributed by atoms with van der Waals surface area (Å²) in [7, 11) is 0. The van der Waals surface area contributed by atoms with Crippen molar-refractivity contribution in [1.29, 1.82) is 0 Å². The van der Waals surface area contributed by atoms with Crippen molar-refractivity contribution in [3.63, 3.8) is 0 Å². The number of carbonyl (C=O) groups is 1. The molecule has 0 spiro atoms. The van der Waals surface area contributed by atoms with E-state index in [9.17, 15) is 23.1 Å². The van der Waals surface area contributed by atoms with E-state index in [2.05, 4.69) is 5.32 Å². The first-order valence-electron chi connectivity index (χ1n) is 7.52. The van der Waals surface area contributed by atoms with Gasteiger partial charge in [-0.2, -0.15) is 13.2 Å². The number of aliphatic hydroxyl groups is 1. The highest BCUT2D eigenvalue weighted by atomic mass is 19.4. The van der Waals surface area contributed by atoms with E-state index in [1.807, 2.05) is 0 Å². The zero-order chi connectivity index (χ0) is 17.0. The molecule has 1 aliphatic carbocycles. The summed E-state index contributed by atoms with van der Waals surface area (Å²) < 4.78 is 43.3. The molecule has 0 radical (unpaired) electrons. The Balaban J connectivity index is 1.83. The maximum atomic E-state index is 12.6. The first-order valence-corrected chi connectivity index (χ1v) is 7.52. The van der Waals surface area contributed by atoms with Crippen molar-refractivity contribution in [3.8, 4) is 0 Å². The fraction of sp³-hybridized carbons (Fsp3) is 0.562. The van der Waals surface area contributed by atoms with Crippen molar-refractivity contribution in [2.45, 2.75) is 38.1 Å². The molecule has 1 aliphatic rings. The van der Waals surface area contributed by atoms with Crippen molar-refractivity contribution in [2.75, 3.05) is 13.2 Å². The number of nitrogens with one attached hydrogen (secondary N) is 1. The van der Waals surface area contributed by atoms with Crippen molar-refractivity contribution < 1.29 is 27.8 Å². The molecule has 0 heterocycles. The largest absolute Gasteiger partial charge is 0.416 e. The van der Waals surface area contributed by atoms with Crippen molar-refractivity contribution in [1.82, 2.24) is 5.32 Å². The number of hydrogen-bond donors (Lipinski definition) is 2. The van der Waals surface area contributed by atoms with E-state index in [0.717, 1.165) is 25.0 Å². The highest BCUT2D eigenvalue weighted by molar-refractivity contribution is 5.80. The van der Waals surface area contributed by atoms with Crippen LogP contribution in [0.1, 0.15) is 37.0 Å². The summed E-state index contributed by atoms with van der Waals surface area (Å²) in [6.45, 7) is 1.97. The van der Waals surface area contributed by atoms with Gasteiger partial charge in [0.05, 0.1) is 18.3 Å². The molecular weight excluding hydrogens is 311 g/mol. The molecule has 0 saturated heterocycles. The molecule has 4 nitrogen and oxygen atoms in total. The highest BCUT2D eigenvalue weighted by Crippen LogP contribution is 2.31. The van der Waals surface area contributed by atoms with Gasteiger partial charge in [-0.1, -0.05) is 12.1 Å². The molecular formula is C16H20F3NO3. The summed E-state index contributed by atoms with van der Waals surface area (Å²) in [5.41, 5.74) is -0.729. The Hall–Kier alpha value is -1.60. The summed E-state index contributed by atoms with van der Waals surface area (Å²) in [6.07, 6.45) is -4.10. The molecule has 2 unspecified atom stereocenters. The number of carbonyl (C=O) groups excluding carboxylic acids is 1. The predicted molar refractivity (Wildman–Crippen MR) is 77.6 cm³/mol. The second-order valence-corrected chi connectivity index (χ2v) is 5.80. The lowest BCUT2D eigenvalue weighted by atomic mass is 10.1. The SMILES string of the molecule is CC(OCC1CC1)C(=O)NCC(O)c1cccc(C(F)(F)F)c1. The van der Waals surface area contributed by atoms with Crippen LogP contribution in [0.25, 0.3) is 0 Å². The lowest BCUT2D eigenvalue weighted by Crippen LogP contribution is -2.37. The second kappa shape index (κ2) is 7.31. The second-order valence-electron chi connectivity index (χ2n) is 5.80. The van der Waals surface area contributed by atoms with Crippen molar-refractivity contribution >= 4 is 5.91 Å². The standard InChI is InChI=1S/C16H20F3NO3/c1-10(23-9-11-5-6-11)15(22)20-8-14(21)12-3-2-4-13(7-12)16(17,18)19/h2-4,7,10-11,14,21H,5-6,8-9H2,1H3,(H,20,22). The van der Waals surface area contributed by atoms with Gasteiger partial charge in [-0.05, 0) is 43.4 Å². The molecule has 128 valence electrons. The number of ether oxygens (including phenoxy) is 1. The van der Waals surface area contributed by atoms with Crippen LogP contribution in [0.4, 0.5) is 13.2 Å². The van der Waals surface area contributed by atoms with Gasteiger partial charge in [0.15, 0.2) is 0 Å². The molecule has 2 N–H and O–H groups in total. The molecule has 2 atom stereocenters. The lowest BCUT2D eigenvalue weighted by molar-refractivity contribution is -0.137. The maximum absolute atomic E-state index is 12.6. The van der Waals surface area contributed by atoms with Crippen LogP contribution in [0.5, 0.6) is 0 Å². The van der Waals surface area contributed by atoms with Gasteiger partial charge in [0.1, 0.15) is 6.10 Å². The quantitative estimate of drug-likeness (QED) is 0.808. The normalized spacial score (nSPS) is 17.6. The Morgan fingerprint density at radius 2 is 2.13 bits per heavy atom. The molecule has 7 heteroatoms. The van der Waals surface area contributed by atoms with Crippen LogP contribution in [-0.2, 0) is 15.7 Å². The minimum atomic E-state index is -4.47. The lowest BCUT2D eigenvalue weighted by Gasteiger charge is -2.17. The average Bonchev–Trinajstić information content (AvgIpc) is 3.33. The van der Waals surface area contributed by atoms with Crippen LogP contribution in [0.2, 0.25) is 0 Å². The molecule has 1 aromatic rings. The summed E-state index contributed by atoms with van der Waals surface area (Å²) in [5, 5.41) is 12.4. The molecule has 0 aliphatic heterocycles. The van der Waals surface area contributed by atoms with E-state index < -0.39 is 29.9 Å². The number of amides is 1. The summed E-state index contributed by atoms with van der Waals surface area (Å²) in [4.78, 5) is 11.8. The third kappa shape index (κ3) is 5.51. The molecule has 1 fully saturated rings. The summed E-state index contributed by atoms with van der Waals surface area (Å²) in [6, 6.07) is 4.43. The molecule has 0 aromatic heterocycles. The van der Waals surface area contributed by atoms with Crippen LogP contribution in [0.3, 0.4) is 0 Å². The van der Waals surface area contributed by atoms with Crippen molar-refractivity contribution in [3.05, 3.63) is 35.4 Å². The number of alkyl halides is 3. The van der Waals surface area contributed by atoms with Gasteiger partial charge >= 0.3 is 6.18 Å². The fourth-order valence-electron chi connectivity index (χ4n) is 2.02. The minimum Gasteiger partial charge on any atom is -0.387 e. The van der Waals surface area contributed by atoms with Crippen LogP contribution in [0.15, 0.2) is 24.3 Å². The van der Waals surface area contributed by atoms with E-state index >= 15 is 0 Å². The predicted octanol–water partition coefficient (Wildman–Crippen LogP) is 2.67. The Labute approximate surface area is 132 Å². The third-order valence-electron chi connectivity index (χ3n) is 3.72. The molecule has 1 saturated carbocycles. The Bertz CT molecular complexity index is 544. The molecule has 23 heavy (non-hydrogen) atoms. The number of hydrogen-bond acceptors (Lipinski definition) is 3. The Morgan fingerprint density at radius 1 is 1.43 bits per heavy atom. The third-order valence-corrected chi connectivity index (χ3v) is 3.72. The zero-order valence-corrected chi connectivity index (χ0v) is 12.8. The number of aliphatic hydroxyl groups excluding tert-OH is 1. The van der Waals surface area contributed by atoms with Gasteiger partial charge in [0, 0.05) is 6.54 Å². The summed E-state index contributed by atoms with van der Waals surface area (Å²) >= 11 is 0. The highest BCUT2D eigenvalue weighted by Gasteiger charge is 2.31. The van der Waals surface area contributed by atoms with Crippen molar-refractivity contribution in [2.24, 2.45) is 5.92 Å². The number of rotatable bonds is 7. The molecule has 2 rings (SSSR count). The van der Waals surface area contributed by atoms with Crippen LogP contribution in [-0.4, -0.2) is 30.3 Å². The first kappa shape index (κ1) is 17.7. The van der Waals surface area contributed by atoms with Gasteiger partial charge in [-0.15, -0.1) is 0 Å². The van der Waals surface area contributed by atoms with E-state index in [0.29, 0.717) is 12.5 Å². The van der Waals surface area contributed by atoms with E-state index in [1.54, 1.807) is 6.92 Å². The topological polar surface area (TPSA) is 58.6 Å². The first-order chi connectivity index (χ1) is 10.8. The minimum absolute atomic E-state index is 0.103. The van der Waals surface area contributed by atoms with E-state index in [4.69, 9.17) is 4.74 Å². The van der Waals surface area contributed by atoms with Crippen LogP contribution < -0.4 is 5.32 Å². The van der Waals surface area contributed by atoms with Gasteiger partial charge in [0.2, 0.25) is 5.91 Å². The van der Waals surface area contributed by atoms with Gasteiger partial charge in [0.25, 0.3) is 0 Å². The smallest absolute Gasteiger partial charge is 0.387 e. The monoisotopic (exact) mass is 331 g/mol. The van der Waals surface area contributed by atoms with Crippen LogP contribution in [0, 0.1) is 5.92 Å². The summed E-state index contributed by atoms with van der Waals surface area (Å²) in [5.74, 6) is 0.137. The molecule has 0 bridgehead atoms. The maximum Gasteiger partial charge on any atom is 0.416 e. The molecule has 1 amide bonds. The number of halogens is 3. The Kier molecular flexibility index (Phi) is 5.64. The van der Waals surface area contributed by atoms with E-state index in [-0.39, 0.29) is 12.1 Å². The number of benzene rings is 1. The van der Waals surface area contributed by atoms with Crippen LogP contribution >= 0.6 is 0 Å². The Morgan fingerprint density at radius 3 is 2.74 bits per heavy atom. The van der Waals surface area contributed by atoms with Gasteiger partial charge in [-0.25, -0.2) is 0 Å². The molecule has 1 aromatic carbocycles. The fourth-order valence-corrected chi connectivity index (χ4v) is 2.02. The van der Waals surface area contributed by atoms with Gasteiger partial charge < -0.3 is 15.2 Å². The van der Waals surface area contributed by atoms with E-state index in [1.165, 1.54) is 12.1 Å². The zero-order valence-electron chi connectivity index (χ0n) is 12.8. The van der Waals surface area contributed by atoms with Gasteiger partial charge in [-0.3, -0.25) is 4.79 Å².